The molecule has 1 amide bonds. The number of anilines is 1. The lowest BCUT2D eigenvalue weighted by Crippen LogP contribution is -2.30. The molecule has 1 aromatic carbocycles. The Balaban J connectivity index is 1.78. The molecule has 0 atom stereocenters. The van der Waals surface area contributed by atoms with E-state index in [1.54, 1.807) is 30.3 Å². The Kier molecular flexibility index (Phi) is 3.19. The van der Waals surface area contributed by atoms with Crippen LogP contribution in [0.15, 0.2) is 48.7 Å². The lowest BCUT2D eigenvalue weighted by atomic mass is 10.1. The van der Waals surface area contributed by atoms with E-state index < -0.39 is 0 Å². The molecule has 3 heterocycles. The maximum Gasteiger partial charge on any atom is 0.278 e. The van der Waals surface area contributed by atoms with Crippen molar-refractivity contribution in [3.8, 4) is 5.75 Å². The normalized spacial score (nSPS) is 13.2. The number of rotatable bonds is 2. The highest BCUT2D eigenvalue weighted by Crippen LogP contribution is 2.31. The Labute approximate surface area is 133 Å². The SMILES string of the molecule is COc1ccc2cc3c(nc2c1)N(C(=O)c1ccccn1)CC3. The van der Waals surface area contributed by atoms with E-state index in [4.69, 9.17) is 4.74 Å². The summed E-state index contributed by atoms with van der Waals surface area (Å²) in [4.78, 5) is 23.2. The number of ether oxygens (including phenoxy) is 1. The fraction of sp³-hybridized carbons (Fsp3) is 0.167. The Hall–Kier alpha value is -2.95. The van der Waals surface area contributed by atoms with Crippen LogP contribution in [0.2, 0.25) is 0 Å². The predicted octanol–water partition coefficient (Wildman–Crippen LogP) is 2.84. The van der Waals surface area contributed by atoms with Crippen LogP contribution in [0, 0.1) is 0 Å². The number of hydrogen-bond acceptors (Lipinski definition) is 4. The Morgan fingerprint density at radius 3 is 2.91 bits per heavy atom. The molecular weight excluding hydrogens is 290 g/mol. The molecule has 3 aromatic rings. The molecule has 0 radical (unpaired) electrons. The van der Waals surface area contributed by atoms with Gasteiger partial charge < -0.3 is 4.74 Å². The van der Waals surface area contributed by atoms with Crippen LogP contribution in [-0.4, -0.2) is 29.5 Å². The van der Waals surface area contributed by atoms with E-state index in [0.717, 1.165) is 34.5 Å². The summed E-state index contributed by atoms with van der Waals surface area (Å²) in [5, 5.41) is 1.05. The van der Waals surface area contributed by atoms with Gasteiger partial charge in [-0.3, -0.25) is 14.7 Å². The van der Waals surface area contributed by atoms with Crippen LogP contribution < -0.4 is 9.64 Å². The molecule has 0 bridgehead atoms. The number of methoxy groups -OCH3 is 1. The van der Waals surface area contributed by atoms with E-state index in [2.05, 4.69) is 16.0 Å². The fourth-order valence-electron chi connectivity index (χ4n) is 2.89. The van der Waals surface area contributed by atoms with Gasteiger partial charge in [0.2, 0.25) is 0 Å². The third-order valence-electron chi connectivity index (χ3n) is 4.07. The van der Waals surface area contributed by atoms with Crippen molar-refractivity contribution in [2.24, 2.45) is 0 Å². The molecule has 23 heavy (non-hydrogen) atoms. The predicted molar refractivity (Wildman–Crippen MR) is 87.9 cm³/mol. The maximum absolute atomic E-state index is 12.7. The van der Waals surface area contributed by atoms with E-state index in [9.17, 15) is 4.79 Å². The molecule has 0 unspecified atom stereocenters. The zero-order valence-corrected chi connectivity index (χ0v) is 12.7. The molecule has 0 N–H and O–H groups in total. The monoisotopic (exact) mass is 305 g/mol. The van der Waals surface area contributed by atoms with Gasteiger partial charge in [0.05, 0.1) is 12.6 Å². The fourth-order valence-corrected chi connectivity index (χ4v) is 2.89. The van der Waals surface area contributed by atoms with Crippen molar-refractivity contribution in [1.82, 2.24) is 9.97 Å². The number of pyridine rings is 2. The summed E-state index contributed by atoms with van der Waals surface area (Å²) < 4.78 is 5.25. The zero-order valence-electron chi connectivity index (χ0n) is 12.7. The molecule has 1 aliphatic rings. The Morgan fingerprint density at radius 1 is 1.22 bits per heavy atom. The van der Waals surface area contributed by atoms with E-state index in [0.29, 0.717) is 12.2 Å². The van der Waals surface area contributed by atoms with E-state index >= 15 is 0 Å². The number of carbonyl (C=O) groups is 1. The molecular formula is C18H15N3O2. The first kappa shape index (κ1) is 13.7. The zero-order chi connectivity index (χ0) is 15.8. The second-order valence-electron chi connectivity index (χ2n) is 5.45. The van der Waals surface area contributed by atoms with Gasteiger partial charge in [-0.05, 0) is 42.3 Å². The lowest BCUT2D eigenvalue weighted by molar-refractivity contribution is 0.0984. The molecule has 4 rings (SSSR count). The minimum Gasteiger partial charge on any atom is -0.497 e. The van der Waals surface area contributed by atoms with Crippen LogP contribution in [-0.2, 0) is 6.42 Å². The average molecular weight is 305 g/mol. The van der Waals surface area contributed by atoms with E-state index in [-0.39, 0.29) is 5.91 Å². The summed E-state index contributed by atoms with van der Waals surface area (Å²) >= 11 is 0. The van der Waals surface area contributed by atoms with E-state index in [1.807, 2.05) is 24.3 Å². The first-order valence-electron chi connectivity index (χ1n) is 7.47. The van der Waals surface area contributed by atoms with Gasteiger partial charge in [0.25, 0.3) is 5.91 Å². The van der Waals surface area contributed by atoms with Crippen molar-refractivity contribution >= 4 is 22.6 Å². The standard InChI is InChI=1S/C18H15N3O2/c1-23-14-6-5-12-10-13-7-9-21(17(13)20-16(12)11-14)18(22)15-4-2-3-8-19-15/h2-6,8,10-11H,7,9H2,1H3. The minimum atomic E-state index is -0.112. The minimum absolute atomic E-state index is 0.112. The van der Waals surface area contributed by atoms with Crippen LogP contribution >= 0.6 is 0 Å². The molecule has 0 saturated carbocycles. The Bertz CT molecular complexity index is 893. The summed E-state index contributed by atoms with van der Waals surface area (Å²) in [6.07, 6.45) is 2.44. The van der Waals surface area contributed by atoms with Gasteiger partial charge in [0, 0.05) is 24.2 Å². The highest BCUT2D eigenvalue weighted by atomic mass is 16.5. The van der Waals surface area contributed by atoms with Crippen LogP contribution in [0.3, 0.4) is 0 Å². The molecule has 5 heteroatoms. The van der Waals surface area contributed by atoms with Crippen molar-refractivity contribution in [3.05, 3.63) is 59.9 Å². The van der Waals surface area contributed by atoms with Crippen molar-refractivity contribution in [2.45, 2.75) is 6.42 Å². The van der Waals surface area contributed by atoms with Gasteiger partial charge in [-0.25, -0.2) is 4.98 Å². The molecule has 0 aliphatic carbocycles. The van der Waals surface area contributed by atoms with Crippen LogP contribution in [0.1, 0.15) is 16.1 Å². The van der Waals surface area contributed by atoms with Crippen LogP contribution in [0.4, 0.5) is 5.82 Å². The quantitative estimate of drug-likeness (QED) is 0.730. The van der Waals surface area contributed by atoms with E-state index in [1.165, 1.54) is 0 Å². The van der Waals surface area contributed by atoms with Crippen molar-refractivity contribution in [2.75, 3.05) is 18.6 Å². The summed E-state index contributed by atoms with van der Waals surface area (Å²) in [7, 11) is 1.63. The van der Waals surface area contributed by atoms with Crippen molar-refractivity contribution in [1.29, 1.82) is 0 Å². The summed E-state index contributed by atoms with van der Waals surface area (Å²) in [5.41, 5.74) is 2.35. The highest BCUT2D eigenvalue weighted by Gasteiger charge is 2.28. The number of hydrogen-bond donors (Lipinski definition) is 0. The van der Waals surface area contributed by atoms with Crippen molar-refractivity contribution in [3.63, 3.8) is 0 Å². The smallest absolute Gasteiger partial charge is 0.278 e. The number of nitrogens with zero attached hydrogens (tertiary/aromatic N) is 3. The van der Waals surface area contributed by atoms with Gasteiger partial charge in [0.15, 0.2) is 0 Å². The maximum atomic E-state index is 12.7. The molecule has 114 valence electrons. The lowest BCUT2D eigenvalue weighted by Gasteiger charge is -2.16. The molecule has 0 spiro atoms. The number of fused-ring (bicyclic) bond motifs is 2. The van der Waals surface area contributed by atoms with Crippen LogP contribution in [0.5, 0.6) is 5.75 Å². The third-order valence-corrected chi connectivity index (χ3v) is 4.07. The second kappa shape index (κ2) is 5.35. The summed E-state index contributed by atoms with van der Waals surface area (Å²) in [6, 6.07) is 13.2. The van der Waals surface area contributed by atoms with Gasteiger partial charge in [0.1, 0.15) is 17.3 Å². The molecule has 0 saturated heterocycles. The first-order valence-corrected chi connectivity index (χ1v) is 7.47. The van der Waals surface area contributed by atoms with Crippen LogP contribution in [0.25, 0.3) is 10.9 Å². The summed E-state index contributed by atoms with van der Waals surface area (Å²) in [5.74, 6) is 1.37. The topological polar surface area (TPSA) is 55.3 Å². The first-order chi connectivity index (χ1) is 11.3. The number of carbonyl (C=O) groups excluding carboxylic acids is 1. The molecule has 2 aromatic heterocycles. The van der Waals surface area contributed by atoms with Gasteiger partial charge >= 0.3 is 0 Å². The second-order valence-corrected chi connectivity index (χ2v) is 5.45. The van der Waals surface area contributed by atoms with Crippen molar-refractivity contribution < 1.29 is 9.53 Å². The molecule has 5 nitrogen and oxygen atoms in total. The number of benzene rings is 1. The molecule has 1 aliphatic heterocycles. The highest BCUT2D eigenvalue weighted by molar-refractivity contribution is 6.06. The third kappa shape index (κ3) is 2.30. The number of amides is 1. The van der Waals surface area contributed by atoms with Gasteiger partial charge in [-0.1, -0.05) is 6.07 Å². The Morgan fingerprint density at radius 2 is 2.13 bits per heavy atom. The summed E-state index contributed by atoms with van der Waals surface area (Å²) in [6.45, 7) is 0.630. The average Bonchev–Trinajstić information content (AvgIpc) is 3.02. The number of aromatic nitrogens is 2. The van der Waals surface area contributed by atoms with Gasteiger partial charge in [-0.2, -0.15) is 0 Å². The largest absolute Gasteiger partial charge is 0.497 e. The van der Waals surface area contributed by atoms with Gasteiger partial charge in [-0.15, -0.1) is 0 Å². The molecule has 0 fully saturated rings.